The number of carbonyl (C=O) groups is 1. The molecule has 0 atom stereocenters. The zero-order valence-electron chi connectivity index (χ0n) is 16.7. The van der Waals surface area contributed by atoms with E-state index in [1.165, 1.54) is 54.0 Å². The molecule has 4 aromatic rings. The highest BCUT2D eigenvalue weighted by Crippen LogP contribution is 2.26. The fourth-order valence-electron chi connectivity index (χ4n) is 2.82. The number of nitro benzene ring substituents is 1. The van der Waals surface area contributed by atoms with E-state index < -0.39 is 20.9 Å². The molecular formula is C21H15N3O7S2. The number of thiazole rings is 1. The number of nitrogens with zero attached hydrogens (tertiary/aromatic N) is 2. The molecule has 0 aliphatic heterocycles. The van der Waals surface area contributed by atoms with Gasteiger partial charge >= 0.3 is 5.97 Å². The minimum atomic E-state index is -4.20. The summed E-state index contributed by atoms with van der Waals surface area (Å²) in [6.45, 7) is -0.123. The highest BCUT2D eigenvalue weighted by atomic mass is 32.2. The smallest absolute Gasteiger partial charge is 0.340 e. The van der Waals surface area contributed by atoms with Crippen LogP contribution >= 0.6 is 11.3 Å². The van der Waals surface area contributed by atoms with Gasteiger partial charge in [-0.05, 0) is 30.3 Å². The lowest BCUT2D eigenvalue weighted by molar-refractivity contribution is -0.385. The van der Waals surface area contributed by atoms with Gasteiger partial charge in [0.15, 0.2) is 10.8 Å². The Balaban J connectivity index is 1.49. The first kappa shape index (κ1) is 22.2. The minimum absolute atomic E-state index is 0.0204. The summed E-state index contributed by atoms with van der Waals surface area (Å²) in [5.74, 6) is -0.168. The lowest BCUT2D eigenvalue weighted by Gasteiger charge is -2.12. The molecule has 0 unspecified atom stereocenters. The number of sulfonamides is 1. The van der Waals surface area contributed by atoms with Gasteiger partial charge in [-0.15, -0.1) is 11.3 Å². The van der Waals surface area contributed by atoms with E-state index in [4.69, 9.17) is 9.15 Å². The highest BCUT2D eigenvalue weighted by molar-refractivity contribution is 7.92. The summed E-state index contributed by atoms with van der Waals surface area (Å²) in [5.41, 5.74) is 0.0914. The third-order valence-corrected chi connectivity index (χ3v) is 6.63. The summed E-state index contributed by atoms with van der Waals surface area (Å²) in [5, 5.41) is 13.3. The fourth-order valence-corrected chi connectivity index (χ4v) is 4.71. The largest absolute Gasteiger partial charge is 0.462 e. The van der Waals surface area contributed by atoms with E-state index >= 15 is 0 Å². The van der Waals surface area contributed by atoms with Gasteiger partial charge in [0.2, 0.25) is 0 Å². The second kappa shape index (κ2) is 9.22. The Labute approximate surface area is 191 Å². The molecule has 0 aliphatic rings. The molecule has 0 radical (unpaired) electrons. The van der Waals surface area contributed by atoms with Crippen molar-refractivity contribution in [2.75, 3.05) is 4.72 Å². The van der Waals surface area contributed by atoms with Crippen LogP contribution in [0.5, 0.6) is 0 Å². The lowest BCUT2D eigenvalue weighted by atomic mass is 10.2. The van der Waals surface area contributed by atoms with Gasteiger partial charge in [0.05, 0.1) is 33.0 Å². The molecule has 0 saturated heterocycles. The Morgan fingerprint density at radius 3 is 2.73 bits per heavy atom. The van der Waals surface area contributed by atoms with Crippen molar-refractivity contribution in [3.05, 3.63) is 93.7 Å². The normalized spacial score (nSPS) is 11.2. The monoisotopic (exact) mass is 485 g/mol. The SMILES string of the molecule is O=C(OCc1csc(-c2ccco2)n1)c1ccccc1NS(=O)(=O)c1cccc([N+](=O)[O-])c1. The van der Waals surface area contributed by atoms with Crippen LogP contribution < -0.4 is 4.72 Å². The Kier molecular flexibility index (Phi) is 6.20. The van der Waals surface area contributed by atoms with Crippen LogP contribution in [-0.2, 0) is 21.4 Å². The molecule has 1 N–H and O–H groups in total. The number of aromatic nitrogens is 1. The van der Waals surface area contributed by atoms with E-state index in [0.29, 0.717) is 16.5 Å². The number of anilines is 1. The summed E-state index contributed by atoms with van der Waals surface area (Å²) in [4.78, 5) is 26.9. The maximum atomic E-state index is 12.7. The van der Waals surface area contributed by atoms with Crippen molar-refractivity contribution in [2.45, 2.75) is 11.5 Å². The highest BCUT2D eigenvalue weighted by Gasteiger charge is 2.21. The van der Waals surface area contributed by atoms with Crippen molar-refractivity contribution in [3.8, 4) is 10.8 Å². The Morgan fingerprint density at radius 1 is 1.15 bits per heavy atom. The number of rotatable bonds is 8. The molecule has 10 nitrogen and oxygen atoms in total. The zero-order valence-corrected chi connectivity index (χ0v) is 18.3. The summed E-state index contributed by atoms with van der Waals surface area (Å²) in [6, 6.07) is 14.0. The van der Waals surface area contributed by atoms with Gasteiger partial charge in [0, 0.05) is 17.5 Å². The molecule has 2 heterocycles. The Morgan fingerprint density at radius 2 is 1.97 bits per heavy atom. The Hall–Kier alpha value is -4.03. The predicted molar refractivity (Wildman–Crippen MR) is 119 cm³/mol. The van der Waals surface area contributed by atoms with E-state index in [9.17, 15) is 23.3 Å². The molecule has 0 aliphatic carbocycles. The van der Waals surface area contributed by atoms with Crippen molar-refractivity contribution in [3.63, 3.8) is 0 Å². The van der Waals surface area contributed by atoms with E-state index in [1.54, 1.807) is 23.6 Å². The van der Waals surface area contributed by atoms with Crippen LogP contribution in [0.3, 0.4) is 0 Å². The first-order valence-electron chi connectivity index (χ1n) is 9.35. The van der Waals surface area contributed by atoms with Gasteiger partial charge < -0.3 is 9.15 Å². The number of nitro groups is 1. The van der Waals surface area contributed by atoms with Crippen LogP contribution in [0.4, 0.5) is 11.4 Å². The molecular weight excluding hydrogens is 470 g/mol. The molecule has 2 aromatic carbocycles. The molecule has 0 amide bonds. The maximum Gasteiger partial charge on any atom is 0.340 e. The third-order valence-electron chi connectivity index (χ3n) is 4.36. The molecule has 0 saturated carbocycles. The molecule has 0 spiro atoms. The van der Waals surface area contributed by atoms with Gasteiger partial charge in [-0.1, -0.05) is 18.2 Å². The molecule has 12 heteroatoms. The topological polar surface area (TPSA) is 142 Å². The van der Waals surface area contributed by atoms with Crippen LogP contribution in [0, 0.1) is 10.1 Å². The van der Waals surface area contributed by atoms with Gasteiger partial charge in [-0.25, -0.2) is 18.2 Å². The standard InChI is InChI=1S/C21H15N3O7S2/c25-21(31-12-14-13-32-20(22-14)19-9-4-10-30-19)17-7-1-2-8-18(17)23-33(28,29)16-6-3-5-15(11-16)24(26)27/h1-11,13,23H,12H2. The average Bonchev–Trinajstić information content (AvgIpc) is 3.50. The van der Waals surface area contributed by atoms with Crippen molar-refractivity contribution in [1.82, 2.24) is 4.98 Å². The van der Waals surface area contributed by atoms with E-state index in [0.717, 1.165) is 6.07 Å². The quantitative estimate of drug-likeness (QED) is 0.219. The average molecular weight is 485 g/mol. The fraction of sp³-hybridized carbons (Fsp3) is 0.0476. The first-order chi connectivity index (χ1) is 15.8. The number of ether oxygens (including phenoxy) is 1. The predicted octanol–water partition coefficient (Wildman–Crippen LogP) is 4.47. The molecule has 0 bridgehead atoms. The van der Waals surface area contributed by atoms with Gasteiger partial charge in [-0.2, -0.15) is 0 Å². The molecule has 2 aromatic heterocycles. The number of benzene rings is 2. The second-order valence-corrected chi connectivity index (χ2v) is 9.14. The third kappa shape index (κ3) is 5.07. The van der Waals surface area contributed by atoms with Crippen molar-refractivity contribution >= 4 is 38.7 Å². The van der Waals surface area contributed by atoms with E-state index in [-0.39, 0.29) is 28.4 Å². The van der Waals surface area contributed by atoms with Crippen LogP contribution in [0.15, 0.2) is 81.6 Å². The number of non-ortho nitro benzene ring substituents is 1. The van der Waals surface area contributed by atoms with Crippen LogP contribution in [0.1, 0.15) is 16.1 Å². The number of hydrogen-bond acceptors (Lipinski definition) is 9. The van der Waals surface area contributed by atoms with Crippen LogP contribution in [-0.4, -0.2) is 24.3 Å². The van der Waals surface area contributed by atoms with E-state index in [2.05, 4.69) is 9.71 Å². The van der Waals surface area contributed by atoms with Crippen molar-refractivity contribution < 1.29 is 27.3 Å². The van der Waals surface area contributed by atoms with Crippen LogP contribution in [0.2, 0.25) is 0 Å². The Bertz CT molecular complexity index is 1410. The maximum absolute atomic E-state index is 12.7. The minimum Gasteiger partial charge on any atom is -0.462 e. The summed E-state index contributed by atoms with van der Waals surface area (Å²) >= 11 is 1.33. The van der Waals surface area contributed by atoms with E-state index in [1.807, 2.05) is 0 Å². The van der Waals surface area contributed by atoms with Crippen molar-refractivity contribution in [2.24, 2.45) is 0 Å². The number of hydrogen-bond donors (Lipinski definition) is 1. The first-order valence-corrected chi connectivity index (χ1v) is 11.7. The number of furan rings is 1. The van der Waals surface area contributed by atoms with Gasteiger partial charge in [0.25, 0.3) is 15.7 Å². The summed E-state index contributed by atoms with van der Waals surface area (Å²) in [6.07, 6.45) is 1.53. The zero-order chi connectivity index (χ0) is 23.4. The molecule has 0 fully saturated rings. The van der Waals surface area contributed by atoms with Crippen LogP contribution in [0.25, 0.3) is 10.8 Å². The number of esters is 1. The number of carbonyl (C=O) groups excluding carboxylic acids is 1. The lowest BCUT2D eigenvalue weighted by Crippen LogP contribution is -2.16. The van der Waals surface area contributed by atoms with Crippen molar-refractivity contribution in [1.29, 1.82) is 0 Å². The summed E-state index contributed by atoms with van der Waals surface area (Å²) in [7, 11) is -4.20. The second-order valence-electron chi connectivity index (χ2n) is 6.60. The van der Waals surface area contributed by atoms with Gasteiger partial charge in [-0.3, -0.25) is 14.8 Å². The van der Waals surface area contributed by atoms with Gasteiger partial charge in [0.1, 0.15) is 6.61 Å². The number of para-hydroxylation sites is 1. The molecule has 4 rings (SSSR count). The molecule has 168 valence electrons. The molecule has 33 heavy (non-hydrogen) atoms. The number of nitrogens with one attached hydrogen (secondary N) is 1. The summed E-state index contributed by atoms with van der Waals surface area (Å²) < 4.78 is 38.4.